The van der Waals surface area contributed by atoms with E-state index in [1.165, 1.54) is 0 Å². The zero-order chi connectivity index (χ0) is 8.48. The first-order valence-corrected chi connectivity index (χ1v) is 7.48. The quantitative estimate of drug-likeness (QED) is 0.492. The van der Waals surface area contributed by atoms with Crippen LogP contribution >= 0.6 is 17.9 Å². The van der Waals surface area contributed by atoms with Gasteiger partial charge >= 0.3 is 0 Å². The fourth-order valence-electron chi connectivity index (χ4n) is 1.05. The highest BCUT2D eigenvalue weighted by Gasteiger charge is 2.24. The standard InChI is InChI=1S/C6H13O2PS2/c1-5-3-4-6(2)8-9(10,11)7-5/h5-6H,3-4H2,1-2H3,(H,10,11). The van der Waals surface area contributed by atoms with Gasteiger partial charge < -0.3 is 9.05 Å². The Hall–Kier alpha value is 0.920. The monoisotopic (exact) mass is 212 g/mol. The van der Waals surface area contributed by atoms with E-state index >= 15 is 0 Å². The van der Waals surface area contributed by atoms with Gasteiger partial charge in [-0.15, -0.1) is 0 Å². The van der Waals surface area contributed by atoms with Crippen molar-refractivity contribution in [3.63, 3.8) is 0 Å². The number of hydrogen-bond donors (Lipinski definition) is 1. The molecule has 0 aliphatic carbocycles. The summed E-state index contributed by atoms with van der Waals surface area (Å²) in [7, 11) is 0. The van der Waals surface area contributed by atoms with E-state index in [9.17, 15) is 0 Å². The van der Waals surface area contributed by atoms with E-state index < -0.39 is 5.69 Å². The maximum absolute atomic E-state index is 5.44. The molecule has 1 aliphatic heterocycles. The van der Waals surface area contributed by atoms with E-state index in [1.807, 2.05) is 13.8 Å². The van der Waals surface area contributed by atoms with Crippen LogP contribution in [0.1, 0.15) is 26.7 Å². The van der Waals surface area contributed by atoms with Crippen LogP contribution in [0.2, 0.25) is 0 Å². The third-order valence-electron chi connectivity index (χ3n) is 1.61. The first-order valence-electron chi connectivity index (χ1n) is 3.69. The van der Waals surface area contributed by atoms with Crippen molar-refractivity contribution in [2.24, 2.45) is 0 Å². The highest BCUT2D eigenvalue weighted by atomic mass is 32.9. The highest BCUT2D eigenvalue weighted by molar-refractivity contribution is 8.60. The van der Waals surface area contributed by atoms with Crippen LogP contribution in [0.4, 0.5) is 0 Å². The second-order valence-corrected chi connectivity index (χ2v) is 8.07. The van der Waals surface area contributed by atoms with Gasteiger partial charge in [0, 0.05) is 0 Å². The van der Waals surface area contributed by atoms with Crippen molar-refractivity contribution in [1.82, 2.24) is 0 Å². The van der Waals surface area contributed by atoms with Crippen LogP contribution in [0.15, 0.2) is 0 Å². The second-order valence-electron chi connectivity index (χ2n) is 2.88. The van der Waals surface area contributed by atoms with Gasteiger partial charge in [0.1, 0.15) is 0 Å². The molecule has 1 rings (SSSR count). The van der Waals surface area contributed by atoms with E-state index in [2.05, 4.69) is 12.2 Å². The number of hydrogen-bond acceptors (Lipinski definition) is 3. The van der Waals surface area contributed by atoms with Crippen LogP contribution in [-0.2, 0) is 20.9 Å². The SMILES string of the molecule is CC1CCC(C)OP(=S)(S)O1. The molecular formula is C6H13O2PS2. The van der Waals surface area contributed by atoms with Gasteiger partial charge in [0.05, 0.1) is 12.2 Å². The van der Waals surface area contributed by atoms with Crippen molar-refractivity contribution < 1.29 is 9.05 Å². The summed E-state index contributed by atoms with van der Waals surface area (Å²) in [6, 6.07) is 0. The van der Waals surface area contributed by atoms with Crippen LogP contribution in [-0.4, -0.2) is 12.2 Å². The van der Waals surface area contributed by atoms with E-state index in [4.69, 9.17) is 20.9 Å². The molecule has 11 heavy (non-hydrogen) atoms. The fraction of sp³-hybridized carbons (Fsp3) is 1.00. The summed E-state index contributed by atoms with van der Waals surface area (Å²) < 4.78 is 10.9. The molecule has 0 radical (unpaired) electrons. The van der Waals surface area contributed by atoms with E-state index in [0.29, 0.717) is 0 Å². The average Bonchev–Trinajstić information content (AvgIpc) is 1.89. The molecule has 0 aromatic carbocycles. The van der Waals surface area contributed by atoms with Crippen LogP contribution < -0.4 is 0 Å². The largest absolute Gasteiger partial charge is 0.319 e. The minimum absolute atomic E-state index is 0.197. The highest BCUT2D eigenvalue weighted by Crippen LogP contribution is 2.57. The molecule has 1 saturated heterocycles. The van der Waals surface area contributed by atoms with Gasteiger partial charge in [-0.1, -0.05) is 12.2 Å². The van der Waals surface area contributed by atoms with Crippen molar-refractivity contribution in [3.8, 4) is 0 Å². The molecular weight excluding hydrogens is 199 g/mol. The third-order valence-corrected chi connectivity index (χ3v) is 3.94. The Labute approximate surface area is 78.0 Å². The molecule has 2 nitrogen and oxygen atoms in total. The van der Waals surface area contributed by atoms with Crippen molar-refractivity contribution in [3.05, 3.63) is 0 Å². The molecule has 1 fully saturated rings. The molecule has 2 unspecified atom stereocenters. The van der Waals surface area contributed by atoms with Crippen molar-refractivity contribution >= 4 is 29.7 Å². The molecule has 66 valence electrons. The van der Waals surface area contributed by atoms with Gasteiger partial charge in [-0.2, -0.15) is 0 Å². The molecule has 0 bridgehead atoms. The number of rotatable bonds is 0. The zero-order valence-corrected chi connectivity index (χ0v) is 9.29. The summed E-state index contributed by atoms with van der Waals surface area (Å²) in [5.41, 5.74) is -2.21. The van der Waals surface area contributed by atoms with Crippen molar-refractivity contribution in [1.29, 1.82) is 0 Å². The lowest BCUT2D eigenvalue weighted by Gasteiger charge is -2.17. The summed E-state index contributed by atoms with van der Waals surface area (Å²) in [4.78, 5) is 0. The topological polar surface area (TPSA) is 18.5 Å². The molecule has 0 amide bonds. The third kappa shape index (κ3) is 3.43. The Bertz CT molecular complexity index is 169. The summed E-state index contributed by atoms with van der Waals surface area (Å²) in [6.45, 7) is 4.03. The van der Waals surface area contributed by atoms with Gasteiger partial charge in [-0.25, -0.2) is 0 Å². The second kappa shape index (κ2) is 3.75. The van der Waals surface area contributed by atoms with Crippen LogP contribution in [0.25, 0.3) is 0 Å². The molecule has 2 atom stereocenters. The zero-order valence-electron chi connectivity index (χ0n) is 6.69. The Balaban J connectivity index is 2.63. The van der Waals surface area contributed by atoms with Crippen LogP contribution in [0, 0.1) is 0 Å². The van der Waals surface area contributed by atoms with E-state index in [1.54, 1.807) is 0 Å². The first kappa shape index (κ1) is 10.0. The predicted molar refractivity (Wildman–Crippen MR) is 53.6 cm³/mol. The lowest BCUT2D eigenvalue weighted by molar-refractivity contribution is 0.215. The van der Waals surface area contributed by atoms with Crippen molar-refractivity contribution in [2.45, 2.75) is 38.9 Å². The van der Waals surface area contributed by atoms with Gasteiger partial charge in [0.2, 0.25) is 5.69 Å². The normalized spacial score (nSPS) is 46.8. The Morgan fingerprint density at radius 2 is 1.64 bits per heavy atom. The first-order chi connectivity index (χ1) is 4.99. The lowest BCUT2D eigenvalue weighted by atomic mass is 10.1. The molecule has 1 aliphatic rings. The molecule has 5 heteroatoms. The Morgan fingerprint density at radius 3 is 2.00 bits per heavy atom. The molecule has 0 spiro atoms. The van der Waals surface area contributed by atoms with Gasteiger partial charge in [-0.05, 0) is 38.5 Å². The van der Waals surface area contributed by atoms with Gasteiger partial charge in [-0.3, -0.25) is 0 Å². The van der Waals surface area contributed by atoms with E-state index in [-0.39, 0.29) is 12.2 Å². The summed E-state index contributed by atoms with van der Waals surface area (Å²) in [5.74, 6) is 0. The summed E-state index contributed by atoms with van der Waals surface area (Å²) in [5, 5.41) is 0. The minimum Gasteiger partial charge on any atom is -0.319 e. The smallest absolute Gasteiger partial charge is 0.244 e. The van der Waals surface area contributed by atoms with E-state index in [0.717, 1.165) is 12.8 Å². The molecule has 0 aromatic heterocycles. The minimum atomic E-state index is -2.21. The Kier molecular flexibility index (Phi) is 3.41. The Morgan fingerprint density at radius 1 is 1.27 bits per heavy atom. The summed E-state index contributed by atoms with van der Waals surface area (Å²) in [6.07, 6.45) is 2.42. The van der Waals surface area contributed by atoms with Gasteiger partial charge in [0.15, 0.2) is 0 Å². The van der Waals surface area contributed by atoms with Crippen LogP contribution in [0.5, 0.6) is 0 Å². The van der Waals surface area contributed by atoms with Gasteiger partial charge in [0.25, 0.3) is 0 Å². The fourth-order valence-corrected chi connectivity index (χ4v) is 4.07. The lowest BCUT2D eigenvalue weighted by Crippen LogP contribution is -2.03. The predicted octanol–water partition coefficient (Wildman–Crippen LogP) is 2.74. The maximum Gasteiger partial charge on any atom is 0.244 e. The molecule has 0 saturated carbocycles. The maximum atomic E-state index is 5.44. The number of thiol groups is 1. The molecule has 1 heterocycles. The van der Waals surface area contributed by atoms with Crippen LogP contribution in [0.3, 0.4) is 0 Å². The van der Waals surface area contributed by atoms with Crippen molar-refractivity contribution in [2.75, 3.05) is 0 Å². The molecule has 0 N–H and O–H groups in total. The summed E-state index contributed by atoms with van der Waals surface area (Å²) >= 11 is 9.25. The molecule has 0 aromatic rings. The average molecular weight is 212 g/mol.